The van der Waals surface area contributed by atoms with Gasteiger partial charge in [0.25, 0.3) is 0 Å². The largest absolute Gasteiger partial charge is 0.507 e. The molecule has 5 heteroatoms. The molecule has 78 valence electrons. The Morgan fingerprint density at radius 1 is 1.47 bits per heavy atom. The highest BCUT2D eigenvalue weighted by atomic mass is 79.9. The zero-order chi connectivity index (χ0) is 11.0. The van der Waals surface area contributed by atoms with Gasteiger partial charge in [0, 0.05) is 11.3 Å². The van der Waals surface area contributed by atoms with E-state index in [1.165, 1.54) is 0 Å². The van der Waals surface area contributed by atoms with Crippen LogP contribution in [0.3, 0.4) is 0 Å². The lowest BCUT2D eigenvalue weighted by molar-refractivity contribution is 0.472. The number of imidazole rings is 1. The summed E-state index contributed by atoms with van der Waals surface area (Å²) >= 11 is 3.26. The van der Waals surface area contributed by atoms with Crippen LogP contribution in [0.2, 0.25) is 0 Å². The van der Waals surface area contributed by atoms with E-state index in [9.17, 15) is 5.11 Å². The van der Waals surface area contributed by atoms with Gasteiger partial charge in [-0.05, 0) is 41.1 Å². The van der Waals surface area contributed by atoms with Crippen LogP contribution in [0.15, 0.2) is 22.7 Å². The molecule has 2 aromatic rings. The van der Waals surface area contributed by atoms with Crippen LogP contribution in [0.25, 0.3) is 11.3 Å². The number of nitrogen functional groups attached to an aromatic ring is 1. The molecule has 0 spiro atoms. The van der Waals surface area contributed by atoms with E-state index in [1.807, 2.05) is 6.92 Å². The van der Waals surface area contributed by atoms with E-state index in [0.29, 0.717) is 10.4 Å². The summed E-state index contributed by atoms with van der Waals surface area (Å²) in [5, 5.41) is 9.37. The maximum absolute atomic E-state index is 9.37. The highest BCUT2D eigenvalue weighted by Crippen LogP contribution is 2.30. The number of aromatic hydroxyl groups is 1. The van der Waals surface area contributed by atoms with Crippen molar-refractivity contribution in [2.24, 2.45) is 0 Å². The zero-order valence-electron chi connectivity index (χ0n) is 8.08. The second-order valence-electron chi connectivity index (χ2n) is 3.26. The first-order chi connectivity index (χ1) is 7.08. The molecule has 0 aliphatic heterocycles. The lowest BCUT2D eigenvalue weighted by Gasteiger charge is -2.01. The van der Waals surface area contributed by atoms with Crippen LogP contribution in [-0.2, 0) is 0 Å². The van der Waals surface area contributed by atoms with Crippen LogP contribution in [0.1, 0.15) is 5.69 Å². The maximum atomic E-state index is 9.37. The summed E-state index contributed by atoms with van der Waals surface area (Å²) in [6.07, 6.45) is 0. The number of aromatic nitrogens is 2. The molecule has 0 fully saturated rings. The molecular weight excluding hydrogens is 258 g/mol. The van der Waals surface area contributed by atoms with Crippen molar-refractivity contribution in [3.63, 3.8) is 0 Å². The number of nitrogens with one attached hydrogen (secondary N) is 1. The fourth-order valence-electron chi connectivity index (χ4n) is 1.42. The van der Waals surface area contributed by atoms with Crippen molar-refractivity contribution in [2.75, 3.05) is 5.73 Å². The van der Waals surface area contributed by atoms with Gasteiger partial charge in [0.2, 0.25) is 0 Å². The monoisotopic (exact) mass is 267 g/mol. The van der Waals surface area contributed by atoms with E-state index >= 15 is 0 Å². The van der Waals surface area contributed by atoms with Crippen LogP contribution in [0.4, 0.5) is 5.95 Å². The number of hydrogen-bond acceptors (Lipinski definition) is 3. The number of benzene rings is 1. The van der Waals surface area contributed by atoms with E-state index in [-0.39, 0.29) is 5.75 Å². The molecule has 0 saturated heterocycles. The van der Waals surface area contributed by atoms with E-state index in [0.717, 1.165) is 17.0 Å². The fourth-order valence-corrected chi connectivity index (χ4v) is 1.80. The Hall–Kier alpha value is -1.49. The molecule has 0 unspecified atom stereocenters. The van der Waals surface area contributed by atoms with Crippen molar-refractivity contribution < 1.29 is 5.11 Å². The Kier molecular flexibility index (Phi) is 2.40. The Labute approximate surface area is 95.3 Å². The normalized spacial score (nSPS) is 10.5. The van der Waals surface area contributed by atoms with Gasteiger partial charge in [-0.2, -0.15) is 0 Å². The Morgan fingerprint density at radius 2 is 2.20 bits per heavy atom. The smallest absolute Gasteiger partial charge is 0.198 e. The van der Waals surface area contributed by atoms with Gasteiger partial charge in [-0.15, -0.1) is 0 Å². The van der Waals surface area contributed by atoms with E-state index in [4.69, 9.17) is 5.73 Å². The molecule has 1 aromatic carbocycles. The molecule has 0 bridgehead atoms. The number of phenolic OH excluding ortho intramolecular Hbond substituents is 1. The molecular formula is C10H10BrN3O. The fraction of sp³-hybridized carbons (Fsp3) is 0.100. The number of H-pyrrole nitrogens is 1. The predicted octanol–water partition coefficient (Wildman–Crippen LogP) is 2.44. The Morgan fingerprint density at radius 3 is 2.73 bits per heavy atom. The predicted molar refractivity (Wildman–Crippen MR) is 62.5 cm³/mol. The van der Waals surface area contributed by atoms with Crippen LogP contribution in [-0.4, -0.2) is 15.1 Å². The Bertz CT molecular complexity index is 507. The molecule has 0 radical (unpaired) electrons. The molecule has 2 rings (SSSR count). The minimum atomic E-state index is 0.208. The van der Waals surface area contributed by atoms with Gasteiger partial charge >= 0.3 is 0 Å². The number of anilines is 1. The minimum Gasteiger partial charge on any atom is -0.507 e. The topological polar surface area (TPSA) is 74.9 Å². The van der Waals surface area contributed by atoms with Gasteiger partial charge < -0.3 is 15.8 Å². The number of rotatable bonds is 1. The van der Waals surface area contributed by atoms with Gasteiger partial charge in [-0.1, -0.05) is 0 Å². The van der Waals surface area contributed by atoms with Gasteiger partial charge in [-0.25, -0.2) is 4.98 Å². The molecule has 4 nitrogen and oxygen atoms in total. The van der Waals surface area contributed by atoms with E-state index < -0.39 is 0 Å². The van der Waals surface area contributed by atoms with Crippen molar-refractivity contribution in [3.8, 4) is 17.0 Å². The van der Waals surface area contributed by atoms with Crippen molar-refractivity contribution >= 4 is 21.9 Å². The first-order valence-electron chi connectivity index (χ1n) is 4.39. The molecule has 1 aromatic heterocycles. The van der Waals surface area contributed by atoms with Crippen LogP contribution < -0.4 is 5.73 Å². The summed E-state index contributed by atoms with van der Waals surface area (Å²) in [5.41, 5.74) is 8.17. The van der Waals surface area contributed by atoms with Crippen LogP contribution in [0.5, 0.6) is 5.75 Å². The SMILES string of the molecule is Cc1[nH]c(N)nc1-c1ccc(O)c(Br)c1. The summed E-state index contributed by atoms with van der Waals surface area (Å²) in [5.74, 6) is 0.603. The number of phenols is 1. The van der Waals surface area contributed by atoms with Crippen LogP contribution in [0, 0.1) is 6.92 Å². The standard InChI is InChI=1S/C10H10BrN3O/c1-5-9(14-10(12)13-5)6-2-3-8(15)7(11)4-6/h2-4,15H,1H3,(H3,12,13,14). The minimum absolute atomic E-state index is 0.208. The number of nitrogens with zero attached hydrogens (tertiary/aromatic N) is 1. The first kappa shape index (κ1) is 10.0. The average molecular weight is 268 g/mol. The number of aryl methyl sites for hydroxylation is 1. The average Bonchev–Trinajstić information content (AvgIpc) is 2.50. The third-order valence-corrected chi connectivity index (χ3v) is 2.76. The van der Waals surface area contributed by atoms with Crippen molar-refractivity contribution in [2.45, 2.75) is 6.92 Å². The second kappa shape index (κ2) is 3.58. The molecule has 15 heavy (non-hydrogen) atoms. The summed E-state index contributed by atoms with van der Waals surface area (Å²) < 4.78 is 0.640. The van der Waals surface area contributed by atoms with Crippen LogP contribution >= 0.6 is 15.9 Å². The van der Waals surface area contributed by atoms with Crippen molar-refractivity contribution in [3.05, 3.63) is 28.4 Å². The van der Waals surface area contributed by atoms with Gasteiger partial charge in [0.1, 0.15) is 5.75 Å². The number of hydrogen-bond donors (Lipinski definition) is 3. The number of aromatic amines is 1. The molecule has 0 aliphatic carbocycles. The Balaban J connectivity index is 2.54. The summed E-state index contributed by atoms with van der Waals surface area (Å²) in [6, 6.07) is 5.21. The highest BCUT2D eigenvalue weighted by Gasteiger charge is 2.08. The summed E-state index contributed by atoms with van der Waals surface area (Å²) in [6.45, 7) is 1.90. The van der Waals surface area contributed by atoms with Crippen molar-refractivity contribution in [1.29, 1.82) is 0 Å². The van der Waals surface area contributed by atoms with E-state index in [2.05, 4.69) is 25.9 Å². The third kappa shape index (κ3) is 1.83. The van der Waals surface area contributed by atoms with Gasteiger partial charge in [-0.3, -0.25) is 0 Å². The van der Waals surface area contributed by atoms with Crippen molar-refractivity contribution in [1.82, 2.24) is 9.97 Å². The highest BCUT2D eigenvalue weighted by molar-refractivity contribution is 9.10. The summed E-state index contributed by atoms with van der Waals surface area (Å²) in [4.78, 5) is 7.10. The van der Waals surface area contributed by atoms with Gasteiger partial charge in [0.05, 0.1) is 10.2 Å². The van der Waals surface area contributed by atoms with E-state index in [1.54, 1.807) is 18.2 Å². The first-order valence-corrected chi connectivity index (χ1v) is 5.18. The quantitative estimate of drug-likeness (QED) is 0.743. The third-order valence-electron chi connectivity index (χ3n) is 2.12. The lowest BCUT2D eigenvalue weighted by atomic mass is 10.1. The molecule has 0 saturated carbocycles. The molecule has 1 heterocycles. The molecule has 4 N–H and O–H groups in total. The summed E-state index contributed by atoms with van der Waals surface area (Å²) in [7, 11) is 0. The van der Waals surface area contributed by atoms with Gasteiger partial charge in [0.15, 0.2) is 5.95 Å². The molecule has 0 atom stereocenters. The maximum Gasteiger partial charge on any atom is 0.198 e. The lowest BCUT2D eigenvalue weighted by Crippen LogP contribution is -1.85. The molecule has 0 amide bonds. The zero-order valence-corrected chi connectivity index (χ0v) is 9.67. The number of halogens is 1. The molecule has 0 aliphatic rings. The second-order valence-corrected chi connectivity index (χ2v) is 4.12. The number of nitrogens with two attached hydrogens (primary N) is 1.